The molecule has 0 aromatic carbocycles. The van der Waals surface area contributed by atoms with Crippen molar-refractivity contribution in [2.75, 3.05) is 19.3 Å². The highest BCUT2D eigenvalue weighted by Gasteiger charge is 2.18. The molecule has 0 fully saturated rings. The Morgan fingerprint density at radius 1 is 1.36 bits per heavy atom. The molecule has 122 valence electrons. The van der Waals surface area contributed by atoms with Gasteiger partial charge in [0.15, 0.2) is 0 Å². The monoisotopic (exact) mass is 329 g/mol. The van der Waals surface area contributed by atoms with Crippen LogP contribution in [0.3, 0.4) is 0 Å². The summed E-state index contributed by atoms with van der Waals surface area (Å²) in [7, 11) is -2.15. The molecule has 0 aliphatic carbocycles. The molecule has 0 saturated carbocycles. The summed E-state index contributed by atoms with van der Waals surface area (Å²) in [6, 6.07) is 3.47. The van der Waals surface area contributed by atoms with Gasteiger partial charge in [0, 0.05) is 31.9 Å². The Balaban J connectivity index is 2.75. The van der Waals surface area contributed by atoms with Crippen LogP contribution >= 0.6 is 0 Å². The Labute approximate surface area is 129 Å². The van der Waals surface area contributed by atoms with Crippen LogP contribution < -0.4 is 4.72 Å². The molecule has 9 heteroatoms. The summed E-state index contributed by atoms with van der Waals surface area (Å²) in [6.07, 6.45) is 2.70. The molecule has 0 spiro atoms. The first-order valence-corrected chi connectivity index (χ1v) is 8.29. The van der Waals surface area contributed by atoms with E-state index in [9.17, 15) is 18.0 Å². The molecule has 0 atom stereocenters. The van der Waals surface area contributed by atoms with Crippen LogP contribution in [0.25, 0.3) is 0 Å². The molecular weight excluding hydrogens is 310 g/mol. The van der Waals surface area contributed by atoms with Crippen LogP contribution in [0.4, 0.5) is 0 Å². The van der Waals surface area contributed by atoms with E-state index in [1.165, 1.54) is 11.9 Å². The van der Waals surface area contributed by atoms with Crippen molar-refractivity contribution in [3.05, 3.63) is 30.1 Å². The van der Waals surface area contributed by atoms with Crippen molar-refractivity contribution in [2.45, 2.75) is 19.4 Å². The number of rotatable bonds is 9. The van der Waals surface area contributed by atoms with Crippen LogP contribution in [0.2, 0.25) is 0 Å². The van der Waals surface area contributed by atoms with E-state index in [0.29, 0.717) is 0 Å². The third-order valence-electron chi connectivity index (χ3n) is 2.94. The summed E-state index contributed by atoms with van der Waals surface area (Å²) in [5.41, 5.74) is 0.744. The number of amides is 1. The second-order valence-electron chi connectivity index (χ2n) is 4.59. The molecule has 0 bridgehead atoms. The van der Waals surface area contributed by atoms with E-state index >= 15 is 0 Å². The first kappa shape index (κ1) is 18.1. The smallest absolute Gasteiger partial charge is 0.303 e. The zero-order chi connectivity index (χ0) is 16.6. The first-order chi connectivity index (χ1) is 10.3. The third kappa shape index (κ3) is 6.64. The van der Waals surface area contributed by atoms with Crippen LogP contribution in [-0.2, 0) is 26.2 Å². The van der Waals surface area contributed by atoms with Gasteiger partial charge in [-0.25, -0.2) is 13.1 Å². The number of aliphatic carboxylic acids is 1. The molecule has 2 N–H and O–H groups in total. The van der Waals surface area contributed by atoms with E-state index < -0.39 is 21.9 Å². The predicted molar refractivity (Wildman–Crippen MR) is 79.4 cm³/mol. The molecule has 22 heavy (non-hydrogen) atoms. The minimum absolute atomic E-state index is 0.0173. The summed E-state index contributed by atoms with van der Waals surface area (Å²) in [5, 5.41) is 8.64. The predicted octanol–water partition coefficient (Wildman–Crippen LogP) is -0.176. The van der Waals surface area contributed by atoms with Crippen LogP contribution in [0.5, 0.6) is 0 Å². The highest BCUT2D eigenvalue weighted by Crippen LogP contribution is 2.07. The number of carboxylic acids is 1. The molecule has 0 aliphatic rings. The average Bonchev–Trinajstić information content (AvgIpc) is 2.50. The van der Waals surface area contributed by atoms with Gasteiger partial charge in [0.05, 0.1) is 12.2 Å². The molecule has 0 aliphatic heterocycles. The van der Waals surface area contributed by atoms with Gasteiger partial charge >= 0.3 is 5.97 Å². The molecule has 8 nitrogen and oxygen atoms in total. The maximum atomic E-state index is 12.1. The van der Waals surface area contributed by atoms with Gasteiger partial charge in [-0.15, -0.1) is 0 Å². The number of nitrogens with zero attached hydrogens (tertiary/aromatic N) is 2. The molecule has 1 amide bonds. The maximum Gasteiger partial charge on any atom is 0.303 e. The van der Waals surface area contributed by atoms with Crippen molar-refractivity contribution in [1.29, 1.82) is 0 Å². The van der Waals surface area contributed by atoms with Crippen LogP contribution in [0.1, 0.15) is 18.4 Å². The molecule has 1 aromatic heterocycles. The number of pyridine rings is 1. The van der Waals surface area contributed by atoms with Gasteiger partial charge in [0.25, 0.3) is 0 Å². The Morgan fingerprint density at radius 3 is 2.64 bits per heavy atom. The Hall–Kier alpha value is -2.00. The largest absolute Gasteiger partial charge is 0.481 e. The summed E-state index contributed by atoms with van der Waals surface area (Å²) in [6.45, 7) is 0.169. The van der Waals surface area contributed by atoms with Gasteiger partial charge in [-0.2, -0.15) is 0 Å². The Morgan fingerprint density at radius 2 is 2.09 bits per heavy atom. The number of carbonyl (C=O) groups is 2. The van der Waals surface area contributed by atoms with Crippen LogP contribution in [0, 0.1) is 0 Å². The average molecular weight is 329 g/mol. The quantitative estimate of drug-likeness (QED) is 0.649. The van der Waals surface area contributed by atoms with Gasteiger partial charge in [-0.3, -0.25) is 14.6 Å². The topological polar surface area (TPSA) is 117 Å². The van der Waals surface area contributed by atoms with Gasteiger partial charge in [0.1, 0.15) is 0 Å². The van der Waals surface area contributed by atoms with Crippen molar-refractivity contribution in [2.24, 2.45) is 0 Å². The second-order valence-corrected chi connectivity index (χ2v) is 6.64. The van der Waals surface area contributed by atoms with E-state index in [1.807, 2.05) is 0 Å². The Kier molecular flexibility index (Phi) is 6.93. The number of carboxylic acid groups (broad SMARTS) is 1. The summed E-state index contributed by atoms with van der Waals surface area (Å²) >= 11 is 0. The lowest BCUT2D eigenvalue weighted by atomic mass is 10.2. The van der Waals surface area contributed by atoms with E-state index in [2.05, 4.69) is 9.71 Å². The highest BCUT2D eigenvalue weighted by atomic mass is 32.2. The molecule has 0 unspecified atom stereocenters. The lowest BCUT2D eigenvalue weighted by Crippen LogP contribution is -2.37. The van der Waals surface area contributed by atoms with Crippen LogP contribution in [-0.4, -0.2) is 54.6 Å². The van der Waals surface area contributed by atoms with E-state index in [0.717, 1.165) is 5.56 Å². The number of sulfonamides is 1. The van der Waals surface area contributed by atoms with E-state index in [-0.39, 0.29) is 31.7 Å². The maximum absolute atomic E-state index is 12.1. The van der Waals surface area contributed by atoms with Gasteiger partial charge in [-0.05, 0) is 18.7 Å². The normalized spacial score (nSPS) is 11.1. The SMILES string of the molecule is CNS(=O)(=O)CCN(Cc1cccnc1)C(=O)CCC(=O)O. The van der Waals surface area contributed by atoms with E-state index in [1.54, 1.807) is 24.5 Å². The zero-order valence-electron chi connectivity index (χ0n) is 12.2. The standard InChI is InChI=1S/C13H19N3O5S/c1-14-22(20,21)8-7-16(12(17)4-5-13(18)19)10-11-3-2-6-15-9-11/h2-3,6,9,14H,4-5,7-8,10H2,1H3,(H,18,19). The lowest BCUT2D eigenvalue weighted by Gasteiger charge is -2.22. The summed E-state index contributed by atoms with van der Waals surface area (Å²) < 4.78 is 25.2. The molecule has 0 saturated heterocycles. The third-order valence-corrected chi connectivity index (χ3v) is 4.28. The van der Waals surface area contributed by atoms with Crippen molar-refractivity contribution in [3.8, 4) is 0 Å². The highest BCUT2D eigenvalue weighted by molar-refractivity contribution is 7.89. The minimum atomic E-state index is -3.45. The number of nitrogens with one attached hydrogen (secondary N) is 1. The van der Waals surface area contributed by atoms with Gasteiger partial charge < -0.3 is 10.0 Å². The van der Waals surface area contributed by atoms with Gasteiger partial charge in [-0.1, -0.05) is 6.07 Å². The molecule has 1 aromatic rings. The zero-order valence-corrected chi connectivity index (χ0v) is 13.0. The fraction of sp³-hybridized carbons (Fsp3) is 0.462. The fourth-order valence-electron chi connectivity index (χ4n) is 1.71. The van der Waals surface area contributed by atoms with Crippen molar-refractivity contribution in [1.82, 2.24) is 14.6 Å². The number of carbonyl (C=O) groups excluding carboxylic acids is 1. The second kappa shape index (κ2) is 8.44. The fourth-order valence-corrected chi connectivity index (χ4v) is 2.37. The molecule has 1 rings (SSSR count). The van der Waals surface area contributed by atoms with Gasteiger partial charge in [0.2, 0.25) is 15.9 Å². The van der Waals surface area contributed by atoms with Crippen molar-refractivity contribution < 1.29 is 23.1 Å². The van der Waals surface area contributed by atoms with E-state index in [4.69, 9.17) is 5.11 Å². The number of hydrogen-bond donors (Lipinski definition) is 2. The Bertz CT molecular complexity index is 603. The lowest BCUT2D eigenvalue weighted by molar-refractivity contribution is -0.141. The number of hydrogen-bond acceptors (Lipinski definition) is 5. The van der Waals surface area contributed by atoms with Crippen molar-refractivity contribution >= 4 is 21.9 Å². The summed E-state index contributed by atoms with van der Waals surface area (Å²) in [5.74, 6) is -1.72. The van der Waals surface area contributed by atoms with Crippen molar-refractivity contribution in [3.63, 3.8) is 0 Å². The van der Waals surface area contributed by atoms with Crippen LogP contribution in [0.15, 0.2) is 24.5 Å². The minimum Gasteiger partial charge on any atom is -0.481 e. The molecule has 0 radical (unpaired) electrons. The summed E-state index contributed by atoms with van der Waals surface area (Å²) in [4.78, 5) is 27.9. The number of aromatic nitrogens is 1. The molecular formula is C13H19N3O5S. The first-order valence-electron chi connectivity index (χ1n) is 6.64. The molecule has 1 heterocycles.